The largest absolute Gasteiger partial charge is 0.315 e. The first kappa shape index (κ1) is 17.2. The molecule has 0 bridgehead atoms. The van der Waals surface area contributed by atoms with Crippen LogP contribution >= 0.6 is 39.1 Å². The van der Waals surface area contributed by atoms with Crippen molar-refractivity contribution >= 4 is 49.2 Å². The monoisotopic (exact) mass is 388 g/mol. The highest BCUT2D eigenvalue weighted by molar-refractivity contribution is 9.10. The molecule has 0 aromatic heterocycles. The molecule has 1 aromatic rings. The van der Waals surface area contributed by atoms with E-state index in [1.807, 2.05) is 6.92 Å². The van der Waals surface area contributed by atoms with Crippen LogP contribution in [0.15, 0.2) is 21.5 Å². The number of hydrogen-bond acceptors (Lipinski definition) is 3. The van der Waals surface area contributed by atoms with E-state index in [-0.39, 0.29) is 21.5 Å². The van der Waals surface area contributed by atoms with Crippen LogP contribution < -0.4 is 10.0 Å². The van der Waals surface area contributed by atoms with Crippen molar-refractivity contribution in [3.63, 3.8) is 0 Å². The van der Waals surface area contributed by atoms with E-state index in [0.29, 0.717) is 11.0 Å². The summed E-state index contributed by atoms with van der Waals surface area (Å²) in [4.78, 5) is -0.0884. The second-order valence-electron chi connectivity index (χ2n) is 3.85. The molecule has 1 rings (SSSR count). The van der Waals surface area contributed by atoms with Crippen LogP contribution in [-0.2, 0) is 10.0 Å². The van der Waals surface area contributed by atoms with Crippen LogP contribution in [0.5, 0.6) is 0 Å². The third-order valence-electron chi connectivity index (χ3n) is 2.25. The molecule has 0 saturated heterocycles. The normalized spacial score (nSPS) is 11.8. The highest BCUT2D eigenvalue weighted by atomic mass is 79.9. The SMILES string of the molecule is CCCNCCNS(=O)(=O)c1c(Cl)cc(Br)cc1Cl. The molecule has 0 aliphatic rings. The summed E-state index contributed by atoms with van der Waals surface area (Å²) in [7, 11) is -3.70. The summed E-state index contributed by atoms with van der Waals surface area (Å²) in [5.74, 6) is 0. The van der Waals surface area contributed by atoms with Gasteiger partial charge in [0.05, 0.1) is 10.0 Å². The number of hydrogen-bond donors (Lipinski definition) is 2. The second kappa shape index (κ2) is 7.81. The van der Waals surface area contributed by atoms with Crippen molar-refractivity contribution in [3.8, 4) is 0 Å². The fourth-order valence-corrected chi connectivity index (χ4v) is 4.40. The Labute approximate surface area is 132 Å². The topological polar surface area (TPSA) is 58.2 Å². The minimum atomic E-state index is -3.70. The van der Waals surface area contributed by atoms with Crippen LogP contribution in [-0.4, -0.2) is 28.1 Å². The molecule has 0 atom stereocenters. The number of sulfonamides is 1. The van der Waals surface area contributed by atoms with Crippen LogP contribution in [0, 0.1) is 0 Å². The number of halogens is 3. The van der Waals surface area contributed by atoms with E-state index < -0.39 is 10.0 Å². The van der Waals surface area contributed by atoms with E-state index in [1.54, 1.807) is 0 Å². The van der Waals surface area contributed by atoms with Gasteiger partial charge in [0.2, 0.25) is 10.0 Å². The van der Waals surface area contributed by atoms with Crippen LogP contribution in [0.1, 0.15) is 13.3 Å². The first-order valence-electron chi connectivity index (χ1n) is 5.73. The van der Waals surface area contributed by atoms with Crippen molar-refractivity contribution in [1.29, 1.82) is 0 Å². The van der Waals surface area contributed by atoms with Gasteiger partial charge in [-0.2, -0.15) is 0 Å². The molecule has 0 fully saturated rings. The minimum Gasteiger partial charge on any atom is -0.315 e. The Morgan fingerprint density at radius 3 is 2.26 bits per heavy atom. The number of nitrogens with one attached hydrogen (secondary N) is 2. The van der Waals surface area contributed by atoms with Gasteiger partial charge < -0.3 is 5.32 Å². The van der Waals surface area contributed by atoms with Gasteiger partial charge in [-0.15, -0.1) is 0 Å². The summed E-state index contributed by atoms with van der Waals surface area (Å²) in [5, 5.41) is 3.28. The van der Waals surface area contributed by atoms with E-state index in [9.17, 15) is 8.42 Å². The van der Waals surface area contributed by atoms with Crippen LogP contribution in [0.3, 0.4) is 0 Å². The van der Waals surface area contributed by atoms with Gasteiger partial charge in [0, 0.05) is 17.6 Å². The van der Waals surface area contributed by atoms with Crippen molar-refractivity contribution in [2.75, 3.05) is 19.6 Å². The molecular formula is C11H15BrCl2N2O2S. The summed E-state index contributed by atoms with van der Waals surface area (Å²) in [6.07, 6.45) is 0.997. The maximum absolute atomic E-state index is 12.1. The highest BCUT2D eigenvalue weighted by Crippen LogP contribution is 2.32. The number of benzene rings is 1. The average Bonchev–Trinajstić information content (AvgIpc) is 2.26. The molecule has 1 aromatic carbocycles. The summed E-state index contributed by atoms with van der Waals surface area (Å²) in [5.41, 5.74) is 0. The maximum Gasteiger partial charge on any atom is 0.243 e. The van der Waals surface area contributed by atoms with Gasteiger partial charge >= 0.3 is 0 Å². The van der Waals surface area contributed by atoms with Gasteiger partial charge in [-0.3, -0.25) is 0 Å². The summed E-state index contributed by atoms with van der Waals surface area (Å²) < 4.78 is 27.3. The van der Waals surface area contributed by atoms with E-state index in [0.717, 1.165) is 13.0 Å². The molecule has 4 nitrogen and oxygen atoms in total. The van der Waals surface area contributed by atoms with Gasteiger partial charge in [0.15, 0.2) is 0 Å². The number of rotatable bonds is 7. The molecule has 19 heavy (non-hydrogen) atoms. The zero-order valence-corrected chi connectivity index (χ0v) is 14.3. The summed E-state index contributed by atoms with van der Waals surface area (Å²) >= 11 is 15.1. The quantitative estimate of drug-likeness (QED) is 0.704. The zero-order valence-electron chi connectivity index (χ0n) is 10.3. The summed E-state index contributed by atoms with van der Waals surface area (Å²) in [6.45, 7) is 3.73. The Hall–Kier alpha value is 0.150. The zero-order chi connectivity index (χ0) is 14.5. The third-order valence-corrected chi connectivity index (χ3v) is 5.09. The lowest BCUT2D eigenvalue weighted by Gasteiger charge is -2.10. The van der Waals surface area contributed by atoms with E-state index in [1.165, 1.54) is 12.1 Å². The van der Waals surface area contributed by atoms with Crippen molar-refractivity contribution in [2.45, 2.75) is 18.2 Å². The van der Waals surface area contributed by atoms with Crippen molar-refractivity contribution < 1.29 is 8.42 Å². The van der Waals surface area contributed by atoms with Crippen molar-refractivity contribution in [3.05, 3.63) is 26.7 Å². The molecule has 0 aliphatic heterocycles. The molecule has 8 heteroatoms. The second-order valence-corrected chi connectivity index (χ2v) is 7.28. The summed E-state index contributed by atoms with van der Waals surface area (Å²) in [6, 6.07) is 2.99. The molecule has 0 unspecified atom stereocenters. The Kier molecular flexibility index (Phi) is 7.07. The maximum atomic E-state index is 12.1. The average molecular weight is 390 g/mol. The van der Waals surface area contributed by atoms with Gasteiger partial charge in [0.1, 0.15) is 4.90 Å². The Morgan fingerprint density at radius 2 is 1.74 bits per heavy atom. The van der Waals surface area contributed by atoms with Crippen LogP contribution in [0.25, 0.3) is 0 Å². The molecule has 0 spiro atoms. The van der Waals surface area contributed by atoms with E-state index in [4.69, 9.17) is 23.2 Å². The third kappa shape index (κ3) is 5.21. The van der Waals surface area contributed by atoms with E-state index in [2.05, 4.69) is 26.0 Å². The van der Waals surface area contributed by atoms with Gasteiger partial charge in [-0.25, -0.2) is 13.1 Å². The van der Waals surface area contributed by atoms with Gasteiger partial charge in [0.25, 0.3) is 0 Å². The van der Waals surface area contributed by atoms with Gasteiger partial charge in [-0.05, 0) is 25.1 Å². The molecule has 2 N–H and O–H groups in total. The molecular weight excluding hydrogens is 375 g/mol. The lowest BCUT2D eigenvalue weighted by atomic mass is 10.4. The Bertz CT molecular complexity index is 514. The molecule has 0 aliphatic carbocycles. The molecule has 108 valence electrons. The molecule has 0 amide bonds. The Balaban J connectivity index is 2.78. The first-order chi connectivity index (χ1) is 8.88. The fourth-order valence-electron chi connectivity index (χ4n) is 1.43. The molecule has 0 saturated carbocycles. The molecule has 0 radical (unpaired) electrons. The smallest absolute Gasteiger partial charge is 0.243 e. The van der Waals surface area contributed by atoms with Crippen molar-refractivity contribution in [2.24, 2.45) is 0 Å². The lowest BCUT2D eigenvalue weighted by molar-refractivity contribution is 0.575. The Morgan fingerprint density at radius 1 is 1.16 bits per heavy atom. The lowest BCUT2D eigenvalue weighted by Crippen LogP contribution is -2.32. The van der Waals surface area contributed by atoms with Crippen LogP contribution in [0.4, 0.5) is 0 Å². The van der Waals surface area contributed by atoms with Crippen LogP contribution in [0.2, 0.25) is 10.0 Å². The predicted octanol–water partition coefficient (Wildman–Crippen LogP) is 3.03. The van der Waals surface area contributed by atoms with E-state index >= 15 is 0 Å². The van der Waals surface area contributed by atoms with Gasteiger partial charge in [-0.1, -0.05) is 46.1 Å². The molecule has 0 heterocycles. The van der Waals surface area contributed by atoms with Crippen molar-refractivity contribution in [1.82, 2.24) is 10.0 Å². The minimum absolute atomic E-state index is 0.0884. The predicted molar refractivity (Wildman–Crippen MR) is 82.5 cm³/mol. The standard InChI is InChI=1S/C11H15BrCl2N2O2S/c1-2-3-15-4-5-16-19(17,18)11-9(13)6-8(12)7-10(11)14/h6-7,15-16H,2-5H2,1H3. The highest BCUT2D eigenvalue weighted by Gasteiger charge is 2.21. The fraction of sp³-hybridized carbons (Fsp3) is 0.455. The first-order valence-corrected chi connectivity index (χ1v) is 8.76.